The lowest BCUT2D eigenvalue weighted by atomic mass is 9.86. The fourth-order valence-electron chi connectivity index (χ4n) is 4.93. The summed E-state index contributed by atoms with van der Waals surface area (Å²) in [6.45, 7) is 14.1. The van der Waals surface area contributed by atoms with Crippen LogP contribution in [0.4, 0.5) is 0 Å². The van der Waals surface area contributed by atoms with Crippen molar-refractivity contribution in [2.24, 2.45) is 17.3 Å². The topological polar surface area (TPSA) is 0 Å². The van der Waals surface area contributed by atoms with E-state index in [1.165, 1.54) is 36.0 Å². The quantitative estimate of drug-likeness (QED) is 0.371. The van der Waals surface area contributed by atoms with Gasteiger partial charge in [0.1, 0.15) is 0 Å². The maximum absolute atomic E-state index is 2.53. The van der Waals surface area contributed by atoms with Gasteiger partial charge < -0.3 is 0 Å². The van der Waals surface area contributed by atoms with Crippen molar-refractivity contribution in [3.63, 3.8) is 0 Å². The van der Waals surface area contributed by atoms with Gasteiger partial charge in [0.2, 0.25) is 0 Å². The standard InChI is InChI=1S/C31H42.CH4/c1-7-27-20-29(28-11-9-8-10-12-28)21-30(27)24(3)14-13-23(2)19-25-15-17-26(18-16-25)22-31(4,5)6;/h8-12,15-18,20-21,23-24,29H,7,13-14,19,22H2,1-6H3;1H4. The molecule has 3 unspecified atom stereocenters. The van der Waals surface area contributed by atoms with E-state index in [9.17, 15) is 0 Å². The molecule has 0 radical (unpaired) electrons. The van der Waals surface area contributed by atoms with Crippen LogP contribution in [-0.2, 0) is 12.8 Å². The van der Waals surface area contributed by atoms with Crippen LogP contribution in [0, 0.1) is 17.3 Å². The van der Waals surface area contributed by atoms with E-state index in [1.807, 2.05) is 0 Å². The van der Waals surface area contributed by atoms with Crippen molar-refractivity contribution >= 4 is 0 Å². The average molecular weight is 431 g/mol. The van der Waals surface area contributed by atoms with Crippen LogP contribution in [-0.4, -0.2) is 0 Å². The second-order valence-electron chi connectivity index (χ2n) is 10.9. The summed E-state index contributed by atoms with van der Waals surface area (Å²) in [6.07, 6.45) is 11.0. The molecular weight excluding hydrogens is 384 g/mol. The lowest BCUT2D eigenvalue weighted by molar-refractivity contribution is 0.411. The molecule has 0 bridgehead atoms. The highest BCUT2D eigenvalue weighted by Crippen LogP contribution is 2.38. The third-order valence-corrected chi connectivity index (χ3v) is 6.64. The Hall–Kier alpha value is -2.08. The highest BCUT2D eigenvalue weighted by molar-refractivity contribution is 5.46. The smallest absolute Gasteiger partial charge is 0.0210 e. The normalized spacial score (nSPS) is 17.9. The molecule has 2 aromatic carbocycles. The van der Waals surface area contributed by atoms with E-state index in [-0.39, 0.29) is 7.43 Å². The largest absolute Gasteiger partial charge is 0.0776 e. The van der Waals surface area contributed by atoms with Gasteiger partial charge in [-0.2, -0.15) is 0 Å². The summed E-state index contributed by atoms with van der Waals surface area (Å²) < 4.78 is 0. The summed E-state index contributed by atoms with van der Waals surface area (Å²) in [4.78, 5) is 0. The van der Waals surface area contributed by atoms with Gasteiger partial charge in [0.15, 0.2) is 0 Å². The summed E-state index contributed by atoms with van der Waals surface area (Å²) in [7, 11) is 0. The maximum atomic E-state index is 2.53. The van der Waals surface area contributed by atoms with E-state index >= 15 is 0 Å². The van der Waals surface area contributed by atoms with Crippen molar-refractivity contribution in [1.29, 1.82) is 0 Å². The molecule has 0 spiro atoms. The molecule has 0 aromatic heterocycles. The fraction of sp³-hybridized carbons (Fsp3) is 0.500. The Morgan fingerprint density at radius 2 is 1.44 bits per heavy atom. The zero-order chi connectivity index (χ0) is 22.4. The van der Waals surface area contributed by atoms with Crippen LogP contribution >= 0.6 is 0 Å². The van der Waals surface area contributed by atoms with Crippen LogP contribution in [0.2, 0.25) is 0 Å². The number of rotatable bonds is 9. The molecular formula is C32H46. The van der Waals surface area contributed by atoms with Crippen LogP contribution in [0.1, 0.15) is 90.8 Å². The van der Waals surface area contributed by atoms with E-state index in [1.54, 1.807) is 11.1 Å². The van der Waals surface area contributed by atoms with Gasteiger partial charge in [-0.15, -0.1) is 0 Å². The van der Waals surface area contributed by atoms with Gasteiger partial charge in [-0.05, 0) is 77.2 Å². The molecule has 0 heteroatoms. The van der Waals surface area contributed by atoms with E-state index < -0.39 is 0 Å². The minimum absolute atomic E-state index is 0. The summed E-state index contributed by atoms with van der Waals surface area (Å²) in [5.74, 6) is 1.81. The minimum atomic E-state index is 0. The van der Waals surface area contributed by atoms with Gasteiger partial charge >= 0.3 is 0 Å². The van der Waals surface area contributed by atoms with Crippen LogP contribution in [0.5, 0.6) is 0 Å². The first kappa shape index (κ1) is 26.2. The molecule has 0 amide bonds. The van der Waals surface area contributed by atoms with Crippen molar-refractivity contribution < 1.29 is 0 Å². The van der Waals surface area contributed by atoms with Crippen molar-refractivity contribution in [3.8, 4) is 0 Å². The molecule has 0 heterocycles. The van der Waals surface area contributed by atoms with Crippen LogP contribution < -0.4 is 0 Å². The molecule has 0 fully saturated rings. The minimum Gasteiger partial charge on any atom is -0.0776 e. The van der Waals surface area contributed by atoms with Crippen molar-refractivity contribution in [1.82, 2.24) is 0 Å². The molecule has 1 aliphatic carbocycles. The molecule has 32 heavy (non-hydrogen) atoms. The monoisotopic (exact) mass is 430 g/mol. The van der Waals surface area contributed by atoms with Crippen molar-refractivity contribution in [2.45, 2.75) is 87.0 Å². The van der Waals surface area contributed by atoms with Crippen molar-refractivity contribution in [3.05, 3.63) is 94.6 Å². The molecule has 0 nitrogen and oxygen atoms in total. The first-order chi connectivity index (χ1) is 14.7. The van der Waals surface area contributed by atoms with Crippen LogP contribution in [0.25, 0.3) is 0 Å². The van der Waals surface area contributed by atoms with Gasteiger partial charge in [-0.25, -0.2) is 0 Å². The number of allylic oxidation sites excluding steroid dienone is 4. The van der Waals surface area contributed by atoms with Crippen LogP contribution in [0.3, 0.4) is 0 Å². The van der Waals surface area contributed by atoms with Gasteiger partial charge in [0.25, 0.3) is 0 Å². The first-order valence-electron chi connectivity index (χ1n) is 12.3. The molecule has 0 saturated carbocycles. The first-order valence-corrected chi connectivity index (χ1v) is 12.3. The second-order valence-corrected chi connectivity index (χ2v) is 10.9. The molecule has 0 N–H and O–H groups in total. The number of hydrogen-bond donors (Lipinski definition) is 0. The molecule has 3 rings (SSSR count). The Kier molecular flexibility index (Phi) is 9.56. The lowest BCUT2D eigenvalue weighted by Crippen LogP contribution is -2.09. The third kappa shape index (κ3) is 7.51. The van der Waals surface area contributed by atoms with Gasteiger partial charge in [-0.1, -0.05) is 116 Å². The summed E-state index contributed by atoms with van der Waals surface area (Å²) in [5, 5.41) is 0. The Bertz CT molecular complexity index is 874. The second kappa shape index (κ2) is 11.7. The zero-order valence-electron chi connectivity index (χ0n) is 20.6. The summed E-state index contributed by atoms with van der Waals surface area (Å²) in [6, 6.07) is 20.3. The highest BCUT2D eigenvalue weighted by Gasteiger charge is 2.22. The molecule has 0 aliphatic heterocycles. The Morgan fingerprint density at radius 3 is 2.03 bits per heavy atom. The molecule has 174 valence electrons. The summed E-state index contributed by atoms with van der Waals surface area (Å²) >= 11 is 0. The average Bonchev–Trinajstić information content (AvgIpc) is 3.18. The SMILES string of the molecule is C.CCC1=CC(c2ccccc2)C=C1C(C)CCC(C)Cc1ccc(CC(C)(C)C)cc1. The van der Waals surface area contributed by atoms with Gasteiger partial charge in [0, 0.05) is 5.92 Å². The number of hydrogen-bond acceptors (Lipinski definition) is 0. The van der Waals surface area contributed by atoms with Crippen LogP contribution in [0.15, 0.2) is 77.9 Å². The fourth-order valence-corrected chi connectivity index (χ4v) is 4.93. The van der Waals surface area contributed by atoms with Gasteiger partial charge in [-0.3, -0.25) is 0 Å². The molecule has 1 aliphatic rings. The third-order valence-electron chi connectivity index (χ3n) is 6.64. The number of benzene rings is 2. The molecule has 3 atom stereocenters. The molecule has 0 saturated heterocycles. The van der Waals surface area contributed by atoms with Crippen molar-refractivity contribution in [2.75, 3.05) is 0 Å². The molecule has 2 aromatic rings. The Balaban J connectivity index is 0.00000363. The predicted octanol–water partition coefficient (Wildman–Crippen LogP) is 9.57. The zero-order valence-corrected chi connectivity index (χ0v) is 20.6. The Labute approximate surface area is 198 Å². The lowest BCUT2D eigenvalue weighted by Gasteiger charge is -2.20. The highest BCUT2D eigenvalue weighted by atomic mass is 14.3. The van der Waals surface area contributed by atoms with E-state index in [4.69, 9.17) is 0 Å². The van der Waals surface area contributed by atoms with E-state index in [2.05, 4.69) is 108 Å². The van der Waals surface area contributed by atoms with E-state index in [0.29, 0.717) is 17.3 Å². The predicted molar refractivity (Wildman–Crippen MR) is 143 cm³/mol. The van der Waals surface area contributed by atoms with E-state index in [0.717, 1.165) is 18.8 Å². The van der Waals surface area contributed by atoms with Gasteiger partial charge in [0.05, 0.1) is 0 Å². The summed E-state index contributed by atoms with van der Waals surface area (Å²) in [5.41, 5.74) is 7.86. The Morgan fingerprint density at radius 1 is 0.812 bits per heavy atom. The maximum Gasteiger partial charge on any atom is 0.0210 e.